The number of carbonyl (C=O) groups excluding carboxylic acids is 1. The van der Waals surface area contributed by atoms with Crippen LogP contribution in [0.1, 0.15) is 27.7 Å². The summed E-state index contributed by atoms with van der Waals surface area (Å²) in [4.78, 5) is 25.1. The van der Waals surface area contributed by atoms with Gasteiger partial charge in [-0.05, 0) is 12.3 Å². The van der Waals surface area contributed by atoms with Gasteiger partial charge in [0.25, 0.3) is 0 Å². The van der Waals surface area contributed by atoms with Gasteiger partial charge in [0.05, 0.1) is 18.9 Å². The number of morpholine rings is 1. The van der Waals surface area contributed by atoms with Crippen LogP contribution in [-0.2, 0) is 24.3 Å². The molecule has 22 heavy (non-hydrogen) atoms. The zero-order valence-corrected chi connectivity index (χ0v) is 14.3. The summed E-state index contributed by atoms with van der Waals surface area (Å²) in [6.45, 7) is 7.02. The van der Waals surface area contributed by atoms with Gasteiger partial charge < -0.3 is 14.7 Å². The molecule has 0 radical (unpaired) electrons. The number of sulfonamides is 1. The van der Waals surface area contributed by atoms with Crippen molar-refractivity contribution >= 4 is 21.9 Å². The molecule has 1 aliphatic heterocycles. The molecule has 2 N–H and O–H groups in total. The Balaban J connectivity index is 3.00. The SMILES string of the molecule is C[C@@H]1CN(C(=O)C(NS(C)(=O)=O)C(C)(C)C)CC(C(=O)O)O1. The summed E-state index contributed by atoms with van der Waals surface area (Å²) in [5, 5.41) is 9.07. The van der Waals surface area contributed by atoms with Crippen molar-refractivity contribution in [3.63, 3.8) is 0 Å². The molecule has 1 rings (SSSR count). The number of carboxylic acids is 1. The van der Waals surface area contributed by atoms with E-state index < -0.39 is 45.6 Å². The van der Waals surface area contributed by atoms with Crippen LogP contribution in [0.15, 0.2) is 0 Å². The van der Waals surface area contributed by atoms with E-state index in [0.29, 0.717) is 0 Å². The quantitative estimate of drug-likeness (QED) is 0.725. The number of aliphatic carboxylic acids is 1. The van der Waals surface area contributed by atoms with Gasteiger partial charge in [0.2, 0.25) is 15.9 Å². The predicted octanol–water partition coefficient (Wildman–Crippen LogP) is -0.349. The van der Waals surface area contributed by atoms with Gasteiger partial charge >= 0.3 is 5.97 Å². The van der Waals surface area contributed by atoms with Gasteiger partial charge in [-0.3, -0.25) is 4.79 Å². The molecule has 3 atom stereocenters. The second-order valence-corrected chi connectivity index (χ2v) is 8.49. The minimum atomic E-state index is -3.58. The van der Waals surface area contributed by atoms with Crippen molar-refractivity contribution in [2.75, 3.05) is 19.3 Å². The second-order valence-electron chi connectivity index (χ2n) is 6.71. The smallest absolute Gasteiger partial charge is 0.334 e. The van der Waals surface area contributed by atoms with Crippen molar-refractivity contribution in [1.82, 2.24) is 9.62 Å². The summed E-state index contributed by atoms with van der Waals surface area (Å²) < 4.78 is 30.6. The molecule has 0 aliphatic carbocycles. The third kappa shape index (κ3) is 5.22. The molecule has 2 unspecified atom stereocenters. The number of ether oxygens (including phenoxy) is 1. The number of rotatable bonds is 4. The van der Waals surface area contributed by atoms with Gasteiger partial charge in [-0.1, -0.05) is 20.8 Å². The van der Waals surface area contributed by atoms with Crippen molar-refractivity contribution in [2.24, 2.45) is 5.41 Å². The maximum Gasteiger partial charge on any atom is 0.334 e. The van der Waals surface area contributed by atoms with E-state index in [9.17, 15) is 18.0 Å². The van der Waals surface area contributed by atoms with Crippen LogP contribution >= 0.6 is 0 Å². The fraction of sp³-hybridized carbons (Fsp3) is 0.846. The first-order valence-electron chi connectivity index (χ1n) is 6.95. The summed E-state index contributed by atoms with van der Waals surface area (Å²) >= 11 is 0. The molecule has 1 saturated heterocycles. The Morgan fingerprint density at radius 1 is 1.32 bits per heavy atom. The van der Waals surface area contributed by atoms with Crippen LogP contribution in [-0.4, -0.2) is 67.9 Å². The molecule has 0 aromatic rings. The van der Waals surface area contributed by atoms with Gasteiger partial charge in [-0.25, -0.2) is 17.9 Å². The summed E-state index contributed by atoms with van der Waals surface area (Å²) in [7, 11) is -3.58. The lowest BCUT2D eigenvalue weighted by atomic mass is 9.86. The molecule has 1 fully saturated rings. The van der Waals surface area contributed by atoms with Crippen molar-refractivity contribution < 1.29 is 27.9 Å². The molecule has 0 aromatic heterocycles. The average molecular weight is 336 g/mol. The van der Waals surface area contributed by atoms with Crippen LogP contribution < -0.4 is 4.72 Å². The number of hydrogen-bond donors (Lipinski definition) is 2. The van der Waals surface area contributed by atoms with E-state index in [2.05, 4.69) is 4.72 Å². The maximum atomic E-state index is 12.7. The Labute approximate surface area is 130 Å². The summed E-state index contributed by atoms with van der Waals surface area (Å²) in [5.41, 5.74) is -0.652. The highest BCUT2D eigenvalue weighted by Gasteiger charge is 2.40. The first kappa shape index (κ1) is 18.9. The lowest BCUT2D eigenvalue weighted by Crippen LogP contribution is -2.59. The highest BCUT2D eigenvalue weighted by Crippen LogP contribution is 2.23. The Bertz CT molecular complexity index is 539. The first-order valence-corrected chi connectivity index (χ1v) is 8.84. The van der Waals surface area contributed by atoms with Crippen LogP contribution in [0.25, 0.3) is 0 Å². The zero-order valence-electron chi connectivity index (χ0n) is 13.5. The van der Waals surface area contributed by atoms with E-state index in [-0.39, 0.29) is 13.1 Å². The van der Waals surface area contributed by atoms with E-state index in [1.807, 2.05) is 0 Å². The Hall–Kier alpha value is -1.19. The van der Waals surface area contributed by atoms with Gasteiger partial charge in [0.15, 0.2) is 6.10 Å². The van der Waals surface area contributed by atoms with E-state index in [1.165, 1.54) is 4.90 Å². The first-order chi connectivity index (χ1) is 9.81. The van der Waals surface area contributed by atoms with E-state index in [1.54, 1.807) is 27.7 Å². The maximum absolute atomic E-state index is 12.7. The topological polar surface area (TPSA) is 113 Å². The van der Waals surface area contributed by atoms with Gasteiger partial charge in [-0.2, -0.15) is 0 Å². The minimum absolute atomic E-state index is 0.101. The highest BCUT2D eigenvalue weighted by molar-refractivity contribution is 7.88. The monoisotopic (exact) mass is 336 g/mol. The van der Waals surface area contributed by atoms with Gasteiger partial charge in [-0.15, -0.1) is 0 Å². The number of hydrogen-bond acceptors (Lipinski definition) is 5. The third-order valence-electron chi connectivity index (χ3n) is 3.29. The number of amides is 1. The van der Waals surface area contributed by atoms with E-state index >= 15 is 0 Å². The highest BCUT2D eigenvalue weighted by atomic mass is 32.2. The molecule has 1 aliphatic rings. The van der Waals surface area contributed by atoms with Crippen LogP contribution in [0.2, 0.25) is 0 Å². The van der Waals surface area contributed by atoms with Crippen molar-refractivity contribution in [2.45, 2.75) is 45.9 Å². The van der Waals surface area contributed by atoms with E-state index in [4.69, 9.17) is 9.84 Å². The van der Waals surface area contributed by atoms with Gasteiger partial charge in [0.1, 0.15) is 6.04 Å². The van der Waals surface area contributed by atoms with E-state index in [0.717, 1.165) is 6.26 Å². The number of nitrogens with zero attached hydrogens (tertiary/aromatic N) is 1. The molecule has 0 bridgehead atoms. The third-order valence-corrected chi connectivity index (χ3v) is 3.96. The Morgan fingerprint density at radius 2 is 1.86 bits per heavy atom. The van der Waals surface area contributed by atoms with Gasteiger partial charge in [0, 0.05) is 6.54 Å². The number of nitrogens with one attached hydrogen (secondary N) is 1. The van der Waals surface area contributed by atoms with Crippen LogP contribution in [0.5, 0.6) is 0 Å². The van der Waals surface area contributed by atoms with Crippen molar-refractivity contribution in [3.8, 4) is 0 Å². The normalized spacial score (nSPS) is 24.9. The average Bonchev–Trinajstić information content (AvgIpc) is 2.32. The Morgan fingerprint density at radius 3 is 2.27 bits per heavy atom. The van der Waals surface area contributed by atoms with Crippen LogP contribution in [0.3, 0.4) is 0 Å². The van der Waals surface area contributed by atoms with Crippen molar-refractivity contribution in [1.29, 1.82) is 0 Å². The molecular weight excluding hydrogens is 312 g/mol. The predicted molar refractivity (Wildman–Crippen MR) is 79.8 cm³/mol. The molecule has 9 heteroatoms. The Kier molecular flexibility index (Phi) is 5.58. The van der Waals surface area contributed by atoms with Crippen LogP contribution in [0, 0.1) is 5.41 Å². The summed E-state index contributed by atoms with van der Waals surface area (Å²) in [6.07, 6.45) is -0.551. The minimum Gasteiger partial charge on any atom is -0.479 e. The molecule has 128 valence electrons. The summed E-state index contributed by atoms with van der Waals surface area (Å²) in [5.74, 6) is -1.59. The fourth-order valence-electron chi connectivity index (χ4n) is 2.26. The second kappa shape index (κ2) is 6.51. The zero-order chi connectivity index (χ0) is 17.3. The molecule has 1 amide bonds. The molecule has 0 saturated carbocycles. The molecule has 1 heterocycles. The molecular formula is C13H24N2O6S. The largest absolute Gasteiger partial charge is 0.479 e. The molecule has 8 nitrogen and oxygen atoms in total. The van der Waals surface area contributed by atoms with Crippen LogP contribution in [0.4, 0.5) is 0 Å². The number of carboxylic acid groups (broad SMARTS) is 1. The van der Waals surface area contributed by atoms with Crippen molar-refractivity contribution in [3.05, 3.63) is 0 Å². The lowest BCUT2D eigenvalue weighted by molar-refractivity contribution is -0.167. The standard InChI is InChI=1S/C13H24N2O6S/c1-8-6-15(7-9(21-8)12(17)18)11(16)10(13(2,3)4)14-22(5,19)20/h8-10,14H,6-7H2,1-5H3,(H,17,18)/t8-,9?,10?/m1/s1. The molecule has 0 aromatic carbocycles. The lowest BCUT2D eigenvalue weighted by Gasteiger charge is -2.39. The molecule has 0 spiro atoms. The fourth-order valence-corrected chi connectivity index (χ4v) is 3.14. The number of carbonyl (C=O) groups is 2. The summed E-state index contributed by atoms with van der Waals surface area (Å²) in [6, 6.07) is -0.970.